The summed E-state index contributed by atoms with van der Waals surface area (Å²) >= 11 is 6.34. The first-order valence-electron chi connectivity index (χ1n) is 11.6. The maximum Gasteiger partial charge on any atom is 0.411 e. The summed E-state index contributed by atoms with van der Waals surface area (Å²) in [6, 6.07) is 11.8. The molecule has 1 aliphatic heterocycles. The zero-order chi connectivity index (χ0) is 23.9. The number of ether oxygens (including phenoxy) is 1. The molecule has 8 heteroatoms. The third-order valence-electron chi connectivity index (χ3n) is 6.15. The number of amides is 1. The number of nitrogens with zero attached hydrogens (tertiary/aromatic N) is 5. The largest absolute Gasteiger partial charge is 0.444 e. The van der Waals surface area contributed by atoms with Gasteiger partial charge in [0, 0.05) is 17.1 Å². The smallest absolute Gasteiger partial charge is 0.411 e. The molecule has 176 valence electrons. The zero-order valence-corrected chi connectivity index (χ0v) is 20.4. The number of halogens is 1. The minimum absolute atomic E-state index is 0.227. The molecule has 2 aliphatic rings. The summed E-state index contributed by atoms with van der Waals surface area (Å²) in [4.78, 5) is 19.1. The monoisotopic (exact) mass is 477 g/mol. The van der Waals surface area contributed by atoms with E-state index in [9.17, 15) is 4.79 Å². The minimum atomic E-state index is -0.584. The lowest BCUT2D eigenvalue weighted by Gasteiger charge is -2.26. The molecule has 0 fully saturated rings. The Hall–Kier alpha value is -3.19. The van der Waals surface area contributed by atoms with Crippen molar-refractivity contribution in [2.45, 2.75) is 64.6 Å². The lowest BCUT2D eigenvalue weighted by Crippen LogP contribution is -2.35. The van der Waals surface area contributed by atoms with E-state index in [1.165, 1.54) is 5.57 Å². The molecule has 1 unspecified atom stereocenters. The fourth-order valence-electron chi connectivity index (χ4n) is 4.60. The van der Waals surface area contributed by atoms with Crippen molar-refractivity contribution >= 4 is 23.3 Å². The molecule has 1 aliphatic carbocycles. The van der Waals surface area contributed by atoms with Gasteiger partial charge in [0.15, 0.2) is 5.82 Å². The fourth-order valence-corrected chi connectivity index (χ4v) is 4.80. The van der Waals surface area contributed by atoms with Crippen LogP contribution < -0.4 is 0 Å². The summed E-state index contributed by atoms with van der Waals surface area (Å²) in [5.74, 6) is 1.87. The van der Waals surface area contributed by atoms with Gasteiger partial charge < -0.3 is 4.74 Å². The molecule has 7 nitrogen and oxygen atoms in total. The molecule has 3 heterocycles. The van der Waals surface area contributed by atoms with Crippen LogP contribution >= 0.6 is 11.6 Å². The van der Waals surface area contributed by atoms with Gasteiger partial charge in [0.2, 0.25) is 0 Å². The number of rotatable bonds is 2. The molecule has 0 saturated heterocycles. The van der Waals surface area contributed by atoms with Gasteiger partial charge in [-0.2, -0.15) is 0 Å². The van der Waals surface area contributed by atoms with Crippen molar-refractivity contribution in [2.24, 2.45) is 0 Å². The van der Waals surface area contributed by atoms with E-state index in [2.05, 4.69) is 31.9 Å². The van der Waals surface area contributed by atoms with E-state index >= 15 is 0 Å². The first-order chi connectivity index (χ1) is 16.3. The Labute approximate surface area is 204 Å². The van der Waals surface area contributed by atoms with E-state index in [4.69, 9.17) is 16.3 Å². The van der Waals surface area contributed by atoms with Gasteiger partial charge >= 0.3 is 6.09 Å². The summed E-state index contributed by atoms with van der Waals surface area (Å²) in [5, 5.41) is 9.75. The molecule has 0 saturated carbocycles. The van der Waals surface area contributed by atoms with Crippen molar-refractivity contribution in [3.05, 3.63) is 76.6 Å². The van der Waals surface area contributed by atoms with Crippen LogP contribution in [0, 0.1) is 0 Å². The van der Waals surface area contributed by atoms with Gasteiger partial charge in [-0.15, -0.1) is 10.2 Å². The Morgan fingerprint density at radius 3 is 2.71 bits per heavy atom. The Morgan fingerprint density at radius 1 is 1.15 bits per heavy atom. The van der Waals surface area contributed by atoms with Crippen LogP contribution in [0.1, 0.15) is 68.9 Å². The van der Waals surface area contributed by atoms with E-state index in [0.29, 0.717) is 18.1 Å². The molecule has 0 N–H and O–H groups in total. The Kier molecular flexibility index (Phi) is 5.90. The third-order valence-corrected chi connectivity index (χ3v) is 6.39. The molecule has 1 aromatic carbocycles. The van der Waals surface area contributed by atoms with Crippen molar-refractivity contribution in [1.29, 1.82) is 0 Å². The highest BCUT2D eigenvalue weighted by Gasteiger charge is 2.32. The van der Waals surface area contributed by atoms with Crippen LogP contribution in [-0.2, 0) is 17.8 Å². The predicted molar refractivity (Wildman–Crippen MR) is 131 cm³/mol. The van der Waals surface area contributed by atoms with Crippen LogP contribution in [0.25, 0.3) is 11.3 Å². The summed E-state index contributed by atoms with van der Waals surface area (Å²) < 4.78 is 7.76. The van der Waals surface area contributed by atoms with Gasteiger partial charge in [-0.25, -0.2) is 4.79 Å². The van der Waals surface area contributed by atoms with E-state index < -0.39 is 5.60 Å². The molecule has 0 bridgehead atoms. The maximum atomic E-state index is 12.9. The van der Waals surface area contributed by atoms with Crippen molar-refractivity contribution in [1.82, 2.24) is 24.6 Å². The summed E-state index contributed by atoms with van der Waals surface area (Å²) in [7, 11) is 0. The first kappa shape index (κ1) is 22.6. The van der Waals surface area contributed by atoms with Crippen molar-refractivity contribution in [3.63, 3.8) is 0 Å². The standard InChI is InChI=1S/C26H28ClN5O2/c1-26(2,3)34-25(33)31-15-19-14-20(27)11-12-22(19)32-23(16-31)29-30-24(32)18-9-7-17(8-10-18)21-6-4-5-13-28-21/h4-7,11-14,18H,8-10,15-16H2,1-3H3. The fraction of sp³-hybridized carbons (Fsp3) is 0.385. The second-order valence-corrected chi connectivity index (χ2v) is 10.3. The van der Waals surface area contributed by atoms with E-state index in [-0.39, 0.29) is 12.0 Å². The number of hydrogen-bond donors (Lipinski definition) is 0. The van der Waals surface area contributed by atoms with Crippen LogP contribution in [0.15, 0.2) is 48.7 Å². The van der Waals surface area contributed by atoms with Crippen LogP contribution in [0.3, 0.4) is 0 Å². The van der Waals surface area contributed by atoms with Gasteiger partial charge in [0.1, 0.15) is 11.4 Å². The van der Waals surface area contributed by atoms with E-state index in [1.54, 1.807) is 4.90 Å². The number of allylic oxidation sites excluding steroid dienone is 2. The predicted octanol–water partition coefficient (Wildman–Crippen LogP) is 5.92. The van der Waals surface area contributed by atoms with Gasteiger partial charge in [-0.05, 0) is 81.5 Å². The summed E-state index contributed by atoms with van der Waals surface area (Å²) in [6.45, 7) is 6.30. The van der Waals surface area contributed by atoms with Crippen molar-refractivity contribution in [3.8, 4) is 5.69 Å². The third kappa shape index (κ3) is 4.57. The normalized spacial score (nSPS) is 17.9. The average Bonchev–Trinajstić information content (AvgIpc) is 3.14. The number of carbonyl (C=O) groups excluding carboxylic acids is 1. The molecule has 5 rings (SSSR count). The Morgan fingerprint density at radius 2 is 2.00 bits per heavy atom. The van der Waals surface area contributed by atoms with Crippen LogP contribution in [-0.4, -0.2) is 36.3 Å². The molecule has 0 radical (unpaired) electrons. The van der Waals surface area contributed by atoms with Crippen molar-refractivity contribution < 1.29 is 9.53 Å². The molecule has 0 spiro atoms. The molecule has 1 atom stereocenters. The highest BCUT2D eigenvalue weighted by atomic mass is 35.5. The molecule has 3 aromatic rings. The van der Waals surface area contributed by atoms with E-state index in [1.807, 2.05) is 57.3 Å². The van der Waals surface area contributed by atoms with Gasteiger partial charge in [0.25, 0.3) is 0 Å². The van der Waals surface area contributed by atoms with Crippen LogP contribution in [0.5, 0.6) is 0 Å². The lowest BCUT2D eigenvalue weighted by molar-refractivity contribution is 0.0214. The minimum Gasteiger partial charge on any atom is -0.444 e. The number of aromatic nitrogens is 4. The SMILES string of the molecule is CC(C)(C)OC(=O)N1Cc2cc(Cl)ccc2-n2c(nnc2C2CC=C(c3ccccn3)CC2)C1. The first-order valence-corrected chi connectivity index (χ1v) is 12.0. The van der Waals surface area contributed by atoms with Gasteiger partial charge in [-0.1, -0.05) is 23.7 Å². The molecule has 34 heavy (non-hydrogen) atoms. The number of pyridine rings is 1. The topological polar surface area (TPSA) is 73.1 Å². The number of fused-ring (bicyclic) bond motifs is 3. The van der Waals surface area contributed by atoms with Gasteiger partial charge in [0.05, 0.1) is 24.5 Å². The molecule has 1 amide bonds. The number of benzene rings is 1. The van der Waals surface area contributed by atoms with E-state index in [0.717, 1.165) is 47.9 Å². The highest BCUT2D eigenvalue weighted by Crippen LogP contribution is 2.37. The van der Waals surface area contributed by atoms with Crippen LogP contribution in [0.2, 0.25) is 5.02 Å². The highest BCUT2D eigenvalue weighted by molar-refractivity contribution is 6.30. The number of carbonyl (C=O) groups is 1. The summed E-state index contributed by atoms with van der Waals surface area (Å²) in [5.41, 5.74) is 3.63. The second kappa shape index (κ2) is 8.87. The lowest BCUT2D eigenvalue weighted by atomic mass is 9.87. The molecular weight excluding hydrogens is 450 g/mol. The Bertz CT molecular complexity index is 1250. The average molecular weight is 478 g/mol. The Balaban J connectivity index is 1.49. The van der Waals surface area contributed by atoms with Gasteiger partial charge in [-0.3, -0.25) is 14.5 Å². The molecule has 2 aromatic heterocycles. The summed E-state index contributed by atoms with van der Waals surface area (Å²) in [6.07, 6.45) is 6.48. The second-order valence-electron chi connectivity index (χ2n) is 9.83. The molecular formula is C26H28ClN5O2. The maximum absolute atomic E-state index is 12.9. The van der Waals surface area contributed by atoms with Crippen LogP contribution in [0.4, 0.5) is 4.79 Å². The van der Waals surface area contributed by atoms with Crippen molar-refractivity contribution in [2.75, 3.05) is 0 Å². The quantitative estimate of drug-likeness (QED) is 0.458. The zero-order valence-electron chi connectivity index (χ0n) is 19.7. The number of hydrogen-bond acceptors (Lipinski definition) is 5.